The lowest BCUT2D eigenvalue weighted by Crippen LogP contribution is -2.30. The van der Waals surface area contributed by atoms with Crippen molar-refractivity contribution in [1.82, 2.24) is 4.90 Å². The molecule has 2 amide bonds. The van der Waals surface area contributed by atoms with Gasteiger partial charge in [0.2, 0.25) is 11.8 Å². The molecular weight excluding hydrogens is 282 g/mol. The lowest BCUT2D eigenvalue weighted by molar-refractivity contribution is -0.140. The Labute approximate surface area is 109 Å². The van der Waals surface area contributed by atoms with Crippen LogP contribution in [0.1, 0.15) is 19.4 Å². The zero-order chi connectivity index (χ0) is 12.6. The third kappa shape index (κ3) is 2.14. The maximum Gasteiger partial charge on any atom is 0.233 e. The van der Waals surface area contributed by atoms with Gasteiger partial charge in [0.05, 0.1) is 6.54 Å². The molecule has 0 radical (unpaired) electrons. The molecule has 0 spiro atoms. The number of nitrogens with zero attached hydrogens (tertiary/aromatic N) is 1. The summed E-state index contributed by atoms with van der Waals surface area (Å²) in [5.74, 6) is -0.550. The first-order valence-corrected chi connectivity index (χ1v) is 6.40. The minimum Gasteiger partial charge on any atom is -0.278 e. The number of likely N-dealkylation sites (tertiary alicyclic amines) is 1. The minimum atomic E-state index is -0.204. The Bertz CT molecular complexity index is 452. The van der Waals surface area contributed by atoms with Gasteiger partial charge in [-0.25, -0.2) is 0 Å². The summed E-state index contributed by atoms with van der Waals surface area (Å²) in [5, 5.41) is 0. The number of amides is 2. The van der Waals surface area contributed by atoms with E-state index in [-0.39, 0.29) is 23.7 Å². The van der Waals surface area contributed by atoms with Crippen molar-refractivity contribution in [2.45, 2.75) is 20.4 Å². The second kappa shape index (κ2) is 4.61. The van der Waals surface area contributed by atoms with Crippen LogP contribution in [0, 0.1) is 11.8 Å². The highest BCUT2D eigenvalue weighted by Crippen LogP contribution is 2.28. The summed E-state index contributed by atoms with van der Waals surface area (Å²) in [7, 11) is 0. The summed E-state index contributed by atoms with van der Waals surface area (Å²) in [5.41, 5.74) is 0.954. The van der Waals surface area contributed by atoms with Gasteiger partial charge in [0.1, 0.15) is 0 Å². The summed E-state index contributed by atoms with van der Waals surface area (Å²) in [6, 6.07) is 7.63. The maximum atomic E-state index is 11.9. The number of hydrogen-bond acceptors (Lipinski definition) is 2. The molecule has 1 aliphatic heterocycles. The second-order valence-corrected chi connectivity index (χ2v) is 5.29. The van der Waals surface area contributed by atoms with E-state index in [1.54, 1.807) is 0 Å². The molecule has 1 aliphatic rings. The number of carbonyl (C=O) groups excluding carboxylic acids is 2. The van der Waals surface area contributed by atoms with Crippen molar-refractivity contribution in [2.24, 2.45) is 11.8 Å². The first kappa shape index (κ1) is 12.3. The molecule has 0 bridgehead atoms. The molecule has 4 heteroatoms. The van der Waals surface area contributed by atoms with Gasteiger partial charge in [-0.2, -0.15) is 0 Å². The summed E-state index contributed by atoms with van der Waals surface area (Å²) in [4.78, 5) is 25.2. The van der Waals surface area contributed by atoms with Crippen LogP contribution < -0.4 is 0 Å². The molecular formula is C13H14BrNO2. The maximum absolute atomic E-state index is 11.9. The topological polar surface area (TPSA) is 37.4 Å². The van der Waals surface area contributed by atoms with Gasteiger partial charge in [-0.05, 0) is 11.6 Å². The molecule has 0 N–H and O–H groups in total. The SMILES string of the molecule is CC1C(=O)N(Cc2ccccc2Br)C(=O)C1C. The lowest BCUT2D eigenvalue weighted by Gasteiger charge is -2.15. The van der Waals surface area contributed by atoms with Crippen molar-refractivity contribution in [3.63, 3.8) is 0 Å². The first-order valence-electron chi connectivity index (χ1n) is 5.61. The normalized spacial score (nSPS) is 24.5. The van der Waals surface area contributed by atoms with Crippen molar-refractivity contribution < 1.29 is 9.59 Å². The molecule has 0 aromatic heterocycles. The smallest absolute Gasteiger partial charge is 0.233 e. The van der Waals surface area contributed by atoms with Crippen molar-refractivity contribution in [2.75, 3.05) is 0 Å². The van der Waals surface area contributed by atoms with Crippen molar-refractivity contribution >= 4 is 27.7 Å². The van der Waals surface area contributed by atoms with Gasteiger partial charge in [-0.15, -0.1) is 0 Å². The molecule has 2 atom stereocenters. The fourth-order valence-electron chi connectivity index (χ4n) is 1.98. The molecule has 1 heterocycles. The molecule has 0 aliphatic carbocycles. The van der Waals surface area contributed by atoms with E-state index in [0.717, 1.165) is 10.0 Å². The summed E-state index contributed by atoms with van der Waals surface area (Å²) >= 11 is 3.42. The average Bonchev–Trinajstić information content (AvgIpc) is 2.50. The number of carbonyl (C=O) groups is 2. The van der Waals surface area contributed by atoms with E-state index >= 15 is 0 Å². The number of hydrogen-bond donors (Lipinski definition) is 0. The van der Waals surface area contributed by atoms with E-state index in [1.165, 1.54) is 4.90 Å². The van der Waals surface area contributed by atoms with Crippen LogP contribution in [-0.4, -0.2) is 16.7 Å². The molecule has 90 valence electrons. The van der Waals surface area contributed by atoms with Crippen LogP contribution >= 0.6 is 15.9 Å². The van der Waals surface area contributed by atoms with Gasteiger partial charge < -0.3 is 0 Å². The van der Waals surface area contributed by atoms with E-state index in [1.807, 2.05) is 38.1 Å². The van der Waals surface area contributed by atoms with Gasteiger partial charge in [-0.3, -0.25) is 14.5 Å². The molecule has 2 unspecified atom stereocenters. The van der Waals surface area contributed by atoms with Crippen molar-refractivity contribution in [3.8, 4) is 0 Å². The van der Waals surface area contributed by atoms with E-state index in [9.17, 15) is 9.59 Å². The average molecular weight is 296 g/mol. The molecule has 1 aromatic rings. The van der Waals surface area contributed by atoms with Crippen molar-refractivity contribution in [3.05, 3.63) is 34.3 Å². The van der Waals surface area contributed by atoms with Gasteiger partial charge in [-0.1, -0.05) is 48.0 Å². The van der Waals surface area contributed by atoms with Gasteiger partial charge >= 0.3 is 0 Å². The minimum absolute atomic E-state index is 0.0711. The lowest BCUT2D eigenvalue weighted by atomic mass is 10.00. The second-order valence-electron chi connectivity index (χ2n) is 4.43. The largest absolute Gasteiger partial charge is 0.278 e. The zero-order valence-corrected chi connectivity index (χ0v) is 11.4. The Morgan fingerprint density at radius 2 is 1.65 bits per heavy atom. The molecule has 0 saturated carbocycles. The predicted octanol–water partition coefficient (Wildman–Crippen LogP) is 2.59. The van der Waals surface area contributed by atoms with Gasteiger partial charge in [0.25, 0.3) is 0 Å². The van der Waals surface area contributed by atoms with Gasteiger partial charge in [0.15, 0.2) is 0 Å². The van der Waals surface area contributed by atoms with Crippen molar-refractivity contribution in [1.29, 1.82) is 0 Å². The standard InChI is InChI=1S/C13H14BrNO2/c1-8-9(2)13(17)15(12(8)16)7-10-5-3-4-6-11(10)14/h3-6,8-9H,7H2,1-2H3. The van der Waals surface area contributed by atoms with E-state index in [2.05, 4.69) is 15.9 Å². The fraction of sp³-hybridized carbons (Fsp3) is 0.385. The number of rotatable bonds is 2. The highest BCUT2D eigenvalue weighted by molar-refractivity contribution is 9.10. The number of benzene rings is 1. The third-order valence-corrected chi connectivity index (χ3v) is 4.12. The van der Waals surface area contributed by atoms with Crippen LogP contribution in [0.5, 0.6) is 0 Å². The highest BCUT2D eigenvalue weighted by atomic mass is 79.9. The highest BCUT2D eigenvalue weighted by Gasteiger charge is 2.42. The Morgan fingerprint density at radius 3 is 2.18 bits per heavy atom. The summed E-state index contributed by atoms with van der Waals surface area (Å²) in [6.07, 6.45) is 0. The van der Waals surface area contributed by atoms with Crippen LogP contribution in [-0.2, 0) is 16.1 Å². The Kier molecular flexibility index (Phi) is 3.33. The molecule has 1 aromatic carbocycles. The monoisotopic (exact) mass is 295 g/mol. The van der Waals surface area contributed by atoms with Crippen LogP contribution in [0.3, 0.4) is 0 Å². The van der Waals surface area contributed by atoms with Crippen LogP contribution in [0.25, 0.3) is 0 Å². The molecule has 1 saturated heterocycles. The van der Waals surface area contributed by atoms with E-state index in [0.29, 0.717) is 6.54 Å². The van der Waals surface area contributed by atoms with Crippen LogP contribution in [0.2, 0.25) is 0 Å². The molecule has 3 nitrogen and oxygen atoms in total. The summed E-state index contributed by atoms with van der Waals surface area (Å²) < 4.78 is 0.924. The quantitative estimate of drug-likeness (QED) is 0.787. The Balaban J connectivity index is 2.23. The van der Waals surface area contributed by atoms with E-state index < -0.39 is 0 Å². The summed E-state index contributed by atoms with van der Waals surface area (Å²) in [6.45, 7) is 3.98. The molecule has 1 fully saturated rings. The van der Waals surface area contributed by atoms with Gasteiger partial charge in [0, 0.05) is 16.3 Å². The van der Waals surface area contributed by atoms with E-state index in [4.69, 9.17) is 0 Å². The molecule has 17 heavy (non-hydrogen) atoms. The van der Waals surface area contributed by atoms with Crippen LogP contribution in [0.15, 0.2) is 28.7 Å². The fourth-order valence-corrected chi connectivity index (χ4v) is 2.39. The zero-order valence-electron chi connectivity index (χ0n) is 9.81. The number of imide groups is 1. The molecule has 2 rings (SSSR count). The number of halogens is 1. The Morgan fingerprint density at radius 1 is 1.12 bits per heavy atom. The predicted molar refractivity (Wildman–Crippen MR) is 68.0 cm³/mol. The van der Waals surface area contributed by atoms with Crippen LogP contribution in [0.4, 0.5) is 0 Å². The first-order chi connectivity index (χ1) is 8.02. The Hall–Kier alpha value is -1.16. The third-order valence-electron chi connectivity index (χ3n) is 3.35.